The molecule has 3 N–H and O–H groups in total. The summed E-state index contributed by atoms with van der Waals surface area (Å²) in [4.78, 5) is 24.0. The highest BCUT2D eigenvalue weighted by molar-refractivity contribution is 5.92. The summed E-state index contributed by atoms with van der Waals surface area (Å²) in [7, 11) is 2.09. The lowest BCUT2D eigenvalue weighted by Crippen LogP contribution is -2.43. The van der Waals surface area contributed by atoms with Crippen molar-refractivity contribution in [2.45, 2.75) is 25.9 Å². The molecule has 7 nitrogen and oxygen atoms in total. The number of hydrogen-bond donors (Lipinski definition) is 2. The summed E-state index contributed by atoms with van der Waals surface area (Å²) in [5.41, 5.74) is 6.89. The number of carbonyl (C=O) groups excluding carboxylic acids is 1. The Labute approximate surface area is 209 Å². The van der Waals surface area contributed by atoms with Gasteiger partial charge in [0.15, 0.2) is 0 Å². The van der Waals surface area contributed by atoms with Crippen LogP contribution in [-0.2, 0) is 19.0 Å². The van der Waals surface area contributed by atoms with Gasteiger partial charge in [-0.25, -0.2) is 9.97 Å². The van der Waals surface area contributed by atoms with Gasteiger partial charge >= 0.3 is 6.18 Å². The number of rotatable bonds is 9. The van der Waals surface area contributed by atoms with Crippen molar-refractivity contribution in [3.8, 4) is 0 Å². The SMILES string of the molecule is C=C/C(=C\C=C(/C)N1CCN(C)CC1)Nc1ncc(C(F)(F)F)c(CCc2cccc(C(N)=O)c2)n1. The number of hydrogen-bond acceptors (Lipinski definition) is 6. The van der Waals surface area contributed by atoms with Crippen LogP contribution in [0.4, 0.5) is 19.1 Å². The zero-order chi connectivity index (χ0) is 26.3. The van der Waals surface area contributed by atoms with Crippen molar-refractivity contribution in [3.63, 3.8) is 0 Å². The van der Waals surface area contributed by atoms with Crippen LogP contribution in [0.15, 0.2) is 66.7 Å². The average molecular weight is 501 g/mol. The predicted molar refractivity (Wildman–Crippen MR) is 134 cm³/mol. The summed E-state index contributed by atoms with van der Waals surface area (Å²) in [6.07, 6.45) is 1.74. The van der Waals surface area contributed by atoms with Crippen molar-refractivity contribution < 1.29 is 18.0 Å². The molecule has 1 aliphatic rings. The van der Waals surface area contributed by atoms with Gasteiger partial charge in [0.1, 0.15) is 0 Å². The molecule has 0 saturated carbocycles. The molecular weight excluding hydrogens is 469 g/mol. The van der Waals surface area contributed by atoms with Gasteiger partial charge in [0, 0.05) is 49.3 Å². The van der Waals surface area contributed by atoms with Crippen molar-refractivity contribution in [3.05, 3.63) is 89.0 Å². The van der Waals surface area contributed by atoms with Gasteiger partial charge in [0.05, 0.1) is 11.3 Å². The summed E-state index contributed by atoms with van der Waals surface area (Å²) in [5, 5.41) is 2.96. The minimum Gasteiger partial charge on any atom is -0.372 e. The molecule has 36 heavy (non-hydrogen) atoms. The van der Waals surface area contributed by atoms with Gasteiger partial charge < -0.3 is 20.9 Å². The van der Waals surface area contributed by atoms with Crippen molar-refractivity contribution >= 4 is 11.9 Å². The van der Waals surface area contributed by atoms with Crippen molar-refractivity contribution in [2.75, 3.05) is 38.5 Å². The Morgan fingerprint density at radius 1 is 1.19 bits per heavy atom. The number of aromatic nitrogens is 2. The fraction of sp³-hybridized carbons (Fsp3) is 0.346. The molecule has 2 heterocycles. The quantitative estimate of drug-likeness (QED) is 0.506. The van der Waals surface area contributed by atoms with Gasteiger partial charge in [0.2, 0.25) is 11.9 Å². The van der Waals surface area contributed by atoms with E-state index in [1.54, 1.807) is 36.4 Å². The van der Waals surface area contributed by atoms with Crippen LogP contribution >= 0.6 is 0 Å². The van der Waals surface area contributed by atoms with Crippen LogP contribution < -0.4 is 11.1 Å². The van der Waals surface area contributed by atoms with E-state index in [1.807, 2.05) is 13.0 Å². The Balaban J connectivity index is 1.78. The topological polar surface area (TPSA) is 87.4 Å². The van der Waals surface area contributed by atoms with E-state index in [9.17, 15) is 18.0 Å². The molecule has 1 aromatic heterocycles. The minimum absolute atomic E-state index is 0.00378. The van der Waals surface area contributed by atoms with Crippen molar-refractivity contribution in [1.29, 1.82) is 0 Å². The number of nitrogens with two attached hydrogens (primary N) is 1. The molecule has 0 radical (unpaired) electrons. The Bertz CT molecular complexity index is 1150. The van der Waals surface area contributed by atoms with Gasteiger partial charge in [-0.05, 0) is 62.7 Å². The van der Waals surface area contributed by atoms with E-state index in [-0.39, 0.29) is 24.5 Å². The number of allylic oxidation sites excluding steroid dienone is 4. The van der Waals surface area contributed by atoms with Crippen LogP contribution in [0.2, 0.25) is 0 Å². The normalized spacial score (nSPS) is 15.6. The molecule has 10 heteroatoms. The molecule has 3 rings (SSSR count). The molecule has 0 bridgehead atoms. The number of anilines is 1. The number of carbonyl (C=O) groups is 1. The van der Waals surface area contributed by atoms with Crippen LogP contribution in [0.5, 0.6) is 0 Å². The lowest BCUT2D eigenvalue weighted by atomic mass is 10.0. The molecule has 0 atom stereocenters. The van der Waals surface area contributed by atoms with Crippen LogP contribution in [-0.4, -0.2) is 58.9 Å². The lowest BCUT2D eigenvalue weighted by molar-refractivity contribution is -0.138. The maximum Gasteiger partial charge on any atom is 0.419 e. The number of likely N-dealkylation sites (N-methyl/N-ethyl adjacent to an activating group) is 1. The van der Waals surface area contributed by atoms with Crippen LogP contribution in [0.25, 0.3) is 0 Å². The molecule has 1 amide bonds. The number of piperazine rings is 1. The smallest absolute Gasteiger partial charge is 0.372 e. The molecule has 0 spiro atoms. The van der Waals surface area contributed by atoms with Gasteiger partial charge in [-0.15, -0.1) is 0 Å². The Hall–Kier alpha value is -3.66. The monoisotopic (exact) mass is 500 g/mol. The fourth-order valence-corrected chi connectivity index (χ4v) is 3.81. The highest BCUT2D eigenvalue weighted by Crippen LogP contribution is 2.32. The van der Waals surface area contributed by atoms with E-state index >= 15 is 0 Å². The summed E-state index contributed by atoms with van der Waals surface area (Å²) in [6.45, 7) is 9.62. The predicted octanol–water partition coefficient (Wildman–Crippen LogP) is 4.01. The fourth-order valence-electron chi connectivity index (χ4n) is 3.81. The average Bonchev–Trinajstić information content (AvgIpc) is 2.85. The first-order valence-corrected chi connectivity index (χ1v) is 11.6. The van der Waals surface area contributed by atoms with E-state index in [0.29, 0.717) is 16.8 Å². The number of nitrogens with zero attached hydrogens (tertiary/aromatic N) is 4. The van der Waals surface area contributed by atoms with E-state index in [0.717, 1.165) is 38.1 Å². The van der Waals surface area contributed by atoms with Gasteiger partial charge in [-0.1, -0.05) is 18.7 Å². The second-order valence-electron chi connectivity index (χ2n) is 8.67. The Kier molecular flexibility index (Phi) is 8.87. The van der Waals surface area contributed by atoms with E-state index in [2.05, 4.69) is 38.7 Å². The maximum absolute atomic E-state index is 13.6. The van der Waals surface area contributed by atoms with Gasteiger partial charge in [-0.3, -0.25) is 4.79 Å². The van der Waals surface area contributed by atoms with Gasteiger partial charge in [-0.2, -0.15) is 13.2 Å². The van der Waals surface area contributed by atoms with E-state index in [4.69, 9.17) is 5.73 Å². The third kappa shape index (κ3) is 7.42. The third-order valence-corrected chi connectivity index (χ3v) is 6.02. The van der Waals surface area contributed by atoms with Crippen molar-refractivity contribution in [2.24, 2.45) is 5.73 Å². The zero-order valence-corrected chi connectivity index (χ0v) is 20.5. The highest BCUT2D eigenvalue weighted by Gasteiger charge is 2.34. The van der Waals surface area contributed by atoms with Crippen LogP contribution in [0.1, 0.15) is 34.1 Å². The Morgan fingerprint density at radius 2 is 1.92 bits per heavy atom. The first-order chi connectivity index (χ1) is 17.1. The Morgan fingerprint density at radius 3 is 2.56 bits per heavy atom. The molecule has 0 aliphatic carbocycles. The van der Waals surface area contributed by atoms with E-state index in [1.165, 1.54) is 0 Å². The van der Waals surface area contributed by atoms with Crippen LogP contribution in [0, 0.1) is 0 Å². The molecule has 1 aromatic carbocycles. The van der Waals surface area contributed by atoms with Gasteiger partial charge in [0.25, 0.3) is 0 Å². The largest absolute Gasteiger partial charge is 0.419 e. The number of aryl methyl sites for hydroxylation is 2. The first kappa shape index (κ1) is 26.9. The second kappa shape index (κ2) is 11.9. The summed E-state index contributed by atoms with van der Waals surface area (Å²) < 4.78 is 40.8. The van der Waals surface area contributed by atoms with Crippen molar-refractivity contribution in [1.82, 2.24) is 19.8 Å². The molecule has 0 unspecified atom stereocenters. The number of nitrogens with one attached hydrogen (secondary N) is 1. The second-order valence-corrected chi connectivity index (χ2v) is 8.67. The number of amides is 1. The molecule has 2 aromatic rings. The highest BCUT2D eigenvalue weighted by atomic mass is 19.4. The third-order valence-electron chi connectivity index (χ3n) is 6.02. The lowest BCUT2D eigenvalue weighted by Gasteiger charge is -2.34. The number of benzene rings is 1. The maximum atomic E-state index is 13.6. The molecule has 192 valence electrons. The van der Waals surface area contributed by atoms with Crippen LogP contribution in [0.3, 0.4) is 0 Å². The number of alkyl halides is 3. The molecular formula is C26H31F3N6O. The molecule has 1 fully saturated rings. The number of primary amides is 1. The number of halogens is 3. The summed E-state index contributed by atoms with van der Waals surface area (Å²) in [5.74, 6) is -0.553. The molecule has 1 aliphatic heterocycles. The van der Waals surface area contributed by atoms with E-state index < -0.39 is 17.6 Å². The summed E-state index contributed by atoms with van der Waals surface area (Å²) in [6, 6.07) is 6.51. The zero-order valence-electron chi connectivity index (χ0n) is 20.5. The minimum atomic E-state index is -4.59. The standard InChI is InChI=1S/C26H31F3N6O/c1-4-21(10-8-18(2)35-14-12-34(3)13-15-35)32-25-31-17-22(26(27,28)29)23(33-25)11-9-19-6-5-7-20(16-19)24(30)36/h4-8,10,16-17H,1,9,11-15H2,2-3H3,(H2,30,36)(H,31,32,33)/b18-8+,21-10+. The first-order valence-electron chi connectivity index (χ1n) is 11.6. The molecule has 1 saturated heterocycles. The summed E-state index contributed by atoms with van der Waals surface area (Å²) >= 11 is 0.